The minimum atomic E-state index is 0.499. The molecule has 16 heavy (non-hydrogen) atoms. The van der Waals surface area contributed by atoms with Crippen LogP contribution in [-0.4, -0.2) is 22.6 Å². The summed E-state index contributed by atoms with van der Waals surface area (Å²) in [5, 5.41) is 3.51. The lowest BCUT2D eigenvalue weighted by molar-refractivity contribution is 0.402. The summed E-state index contributed by atoms with van der Waals surface area (Å²) in [5.74, 6) is 1.49. The van der Waals surface area contributed by atoms with E-state index in [1.54, 1.807) is 0 Å². The molecule has 0 spiro atoms. The Hall–Kier alpha value is -0.960. The smallest absolute Gasteiger partial charge is 0.125 e. The lowest BCUT2D eigenvalue weighted by Gasteiger charge is -2.21. The highest BCUT2D eigenvalue weighted by Gasteiger charge is 2.13. The van der Waals surface area contributed by atoms with Gasteiger partial charge in [0, 0.05) is 23.9 Å². The molecule has 1 N–H and O–H groups in total. The molecule has 0 aliphatic heterocycles. The number of nitrogens with zero attached hydrogens (tertiary/aromatic N) is 2. The minimum Gasteiger partial charge on any atom is -0.314 e. The van der Waals surface area contributed by atoms with Gasteiger partial charge in [-0.1, -0.05) is 20.8 Å². The van der Waals surface area contributed by atoms with Crippen molar-refractivity contribution in [1.82, 2.24) is 15.3 Å². The van der Waals surface area contributed by atoms with E-state index in [1.807, 2.05) is 13.8 Å². The van der Waals surface area contributed by atoms with Crippen LogP contribution in [0, 0.1) is 19.8 Å². The number of rotatable bonds is 5. The molecule has 0 fully saturated rings. The lowest BCUT2D eigenvalue weighted by Crippen LogP contribution is -2.35. The van der Waals surface area contributed by atoms with E-state index in [-0.39, 0.29) is 0 Å². The number of hydrogen-bond donors (Lipinski definition) is 1. The molecule has 1 aromatic rings. The maximum atomic E-state index is 4.49. The highest BCUT2D eigenvalue weighted by Crippen LogP contribution is 2.09. The number of likely N-dealkylation sites (N-methyl/N-ethyl adjacent to an activating group) is 1. The van der Waals surface area contributed by atoms with Crippen LogP contribution in [0.15, 0.2) is 6.07 Å². The molecule has 3 nitrogen and oxygen atoms in total. The van der Waals surface area contributed by atoms with Crippen molar-refractivity contribution < 1.29 is 0 Å². The van der Waals surface area contributed by atoms with Gasteiger partial charge in [-0.3, -0.25) is 0 Å². The highest BCUT2D eigenvalue weighted by molar-refractivity contribution is 5.11. The third kappa shape index (κ3) is 3.89. The molecule has 0 bridgehead atoms. The van der Waals surface area contributed by atoms with Crippen LogP contribution in [0.25, 0.3) is 0 Å². The Morgan fingerprint density at radius 1 is 1.25 bits per heavy atom. The van der Waals surface area contributed by atoms with Gasteiger partial charge < -0.3 is 5.32 Å². The van der Waals surface area contributed by atoms with Gasteiger partial charge in [-0.25, -0.2) is 9.97 Å². The average molecular weight is 221 g/mol. The molecule has 0 saturated heterocycles. The van der Waals surface area contributed by atoms with E-state index in [9.17, 15) is 0 Å². The van der Waals surface area contributed by atoms with Crippen molar-refractivity contribution in [2.24, 2.45) is 5.92 Å². The molecule has 1 aromatic heterocycles. The number of nitrogens with one attached hydrogen (secondary N) is 1. The molecule has 1 heterocycles. The summed E-state index contributed by atoms with van der Waals surface area (Å²) in [4.78, 5) is 8.79. The van der Waals surface area contributed by atoms with E-state index in [1.165, 1.54) is 0 Å². The fourth-order valence-corrected chi connectivity index (χ4v) is 1.93. The molecule has 0 saturated carbocycles. The van der Waals surface area contributed by atoms with E-state index in [0.29, 0.717) is 12.0 Å². The number of hydrogen-bond acceptors (Lipinski definition) is 3. The van der Waals surface area contributed by atoms with Crippen LogP contribution >= 0.6 is 0 Å². The molecule has 1 rings (SSSR count). The molecule has 0 aliphatic carbocycles. The second-order valence-electron chi connectivity index (χ2n) is 4.66. The first kappa shape index (κ1) is 13.1. The van der Waals surface area contributed by atoms with Crippen LogP contribution in [0.4, 0.5) is 0 Å². The van der Waals surface area contributed by atoms with Crippen LogP contribution in [0.2, 0.25) is 0 Å². The van der Waals surface area contributed by atoms with Gasteiger partial charge in [0.15, 0.2) is 0 Å². The minimum absolute atomic E-state index is 0.499. The standard InChI is InChI=1S/C13H23N3/c1-6-14-13(9(2)3)8-12-7-10(4)15-11(5)16-12/h7,9,13-14H,6,8H2,1-5H3. The van der Waals surface area contributed by atoms with Crippen molar-refractivity contribution >= 4 is 0 Å². The Labute approximate surface area is 98.7 Å². The molecule has 1 atom stereocenters. The van der Waals surface area contributed by atoms with Crippen molar-refractivity contribution in [3.8, 4) is 0 Å². The molecule has 0 amide bonds. The number of aryl methyl sites for hydroxylation is 2. The third-order valence-corrected chi connectivity index (χ3v) is 2.72. The molecule has 3 heteroatoms. The molecule has 0 radical (unpaired) electrons. The first-order valence-electron chi connectivity index (χ1n) is 6.07. The largest absolute Gasteiger partial charge is 0.314 e. The second-order valence-corrected chi connectivity index (χ2v) is 4.66. The quantitative estimate of drug-likeness (QED) is 0.829. The maximum absolute atomic E-state index is 4.49. The Balaban J connectivity index is 2.76. The van der Waals surface area contributed by atoms with E-state index in [2.05, 4.69) is 42.1 Å². The van der Waals surface area contributed by atoms with Crippen molar-refractivity contribution in [2.45, 2.75) is 47.1 Å². The summed E-state index contributed by atoms with van der Waals surface area (Å²) in [6.45, 7) is 11.6. The summed E-state index contributed by atoms with van der Waals surface area (Å²) in [6, 6.07) is 2.58. The van der Waals surface area contributed by atoms with Gasteiger partial charge in [0.1, 0.15) is 5.82 Å². The summed E-state index contributed by atoms with van der Waals surface area (Å²) in [7, 11) is 0. The van der Waals surface area contributed by atoms with Crippen molar-refractivity contribution in [2.75, 3.05) is 6.54 Å². The van der Waals surface area contributed by atoms with Gasteiger partial charge in [0.25, 0.3) is 0 Å². The fraction of sp³-hybridized carbons (Fsp3) is 0.692. The molecule has 1 unspecified atom stereocenters. The van der Waals surface area contributed by atoms with Crippen LogP contribution in [0.5, 0.6) is 0 Å². The van der Waals surface area contributed by atoms with Gasteiger partial charge in [-0.2, -0.15) is 0 Å². The van der Waals surface area contributed by atoms with Gasteiger partial charge in [-0.15, -0.1) is 0 Å². The van der Waals surface area contributed by atoms with Gasteiger partial charge in [0.05, 0.1) is 0 Å². The second kappa shape index (κ2) is 5.94. The average Bonchev–Trinajstić information content (AvgIpc) is 2.15. The monoisotopic (exact) mass is 221 g/mol. The van der Waals surface area contributed by atoms with Crippen molar-refractivity contribution in [3.63, 3.8) is 0 Å². The van der Waals surface area contributed by atoms with Gasteiger partial charge >= 0.3 is 0 Å². The zero-order valence-electron chi connectivity index (χ0n) is 11.0. The summed E-state index contributed by atoms with van der Waals surface area (Å²) in [6.07, 6.45) is 0.982. The molecule has 90 valence electrons. The Bertz CT molecular complexity index is 314. The maximum Gasteiger partial charge on any atom is 0.125 e. The summed E-state index contributed by atoms with van der Waals surface area (Å²) >= 11 is 0. The van der Waals surface area contributed by atoms with E-state index >= 15 is 0 Å². The predicted molar refractivity (Wildman–Crippen MR) is 67.5 cm³/mol. The van der Waals surface area contributed by atoms with Crippen molar-refractivity contribution in [1.29, 1.82) is 0 Å². The van der Waals surface area contributed by atoms with E-state index in [0.717, 1.165) is 30.2 Å². The van der Waals surface area contributed by atoms with Crippen LogP contribution in [0.3, 0.4) is 0 Å². The number of aromatic nitrogens is 2. The SMILES string of the molecule is CCNC(Cc1cc(C)nc(C)n1)C(C)C. The molecular formula is C13H23N3. The van der Waals surface area contributed by atoms with E-state index in [4.69, 9.17) is 0 Å². The molecule has 0 aliphatic rings. The lowest BCUT2D eigenvalue weighted by atomic mass is 9.99. The normalized spacial score (nSPS) is 13.1. The fourth-order valence-electron chi connectivity index (χ4n) is 1.93. The predicted octanol–water partition coefficient (Wildman–Crippen LogP) is 2.27. The Kier molecular flexibility index (Phi) is 4.87. The molecular weight excluding hydrogens is 198 g/mol. The van der Waals surface area contributed by atoms with Gasteiger partial charge in [-0.05, 0) is 32.4 Å². The van der Waals surface area contributed by atoms with Crippen LogP contribution < -0.4 is 5.32 Å². The van der Waals surface area contributed by atoms with Gasteiger partial charge in [0.2, 0.25) is 0 Å². The summed E-state index contributed by atoms with van der Waals surface area (Å²) in [5.41, 5.74) is 2.20. The Morgan fingerprint density at radius 3 is 2.44 bits per heavy atom. The van der Waals surface area contributed by atoms with Crippen molar-refractivity contribution in [3.05, 3.63) is 23.3 Å². The first-order valence-corrected chi connectivity index (χ1v) is 6.07. The highest BCUT2D eigenvalue weighted by atomic mass is 14.9. The zero-order chi connectivity index (χ0) is 12.1. The first-order chi connectivity index (χ1) is 7.52. The zero-order valence-corrected chi connectivity index (χ0v) is 11.0. The van der Waals surface area contributed by atoms with E-state index < -0.39 is 0 Å². The van der Waals surface area contributed by atoms with Crippen LogP contribution in [0.1, 0.15) is 38.0 Å². The topological polar surface area (TPSA) is 37.8 Å². The summed E-state index contributed by atoms with van der Waals surface area (Å²) < 4.78 is 0. The third-order valence-electron chi connectivity index (χ3n) is 2.72. The Morgan fingerprint density at radius 2 is 1.94 bits per heavy atom. The molecule has 0 aromatic carbocycles. The van der Waals surface area contributed by atoms with Crippen LogP contribution in [-0.2, 0) is 6.42 Å².